The highest BCUT2D eigenvalue weighted by molar-refractivity contribution is 5.98. The Morgan fingerprint density at radius 3 is 2.85 bits per heavy atom. The summed E-state index contributed by atoms with van der Waals surface area (Å²) in [4.78, 5) is 48.7. The number of benzene rings is 1. The van der Waals surface area contributed by atoms with E-state index in [1.165, 1.54) is 18.3 Å². The van der Waals surface area contributed by atoms with Gasteiger partial charge in [0.2, 0.25) is 5.95 Å². The van der Waals surface area contributed by atoms with E-state index in [4.69, 9.17) is 4.74 Å². The van der Waals surface area contributed by atoms with Gasteiger partial charge >= 0.3 is 12.1 Å². The third-order valence-corrected chi connectivity index (χ3v) is 6.77. The number of hydrogen-bond donors (Lipinski definition) is 3. The van der Waals surface area contributed by atoms with Crippen molar-refractivity contribution in [3.63, 3.8) is 0 Å². The molecule has 4 aromatic rings. The minimum atomic E-state index is -0.488. The average molecular weight is 532 g/mol. The third kappa shape index (κ3) is 4.95. The second-order valence-electron chi connectivity index (χ2n) is 9.37. The van der Waals surface area contributed by atoms with Crippen molar-refractivity contribution in [1.29, 1.82) is 0 Å². The van der Waals surface area contributed by atoms with Crippen LogP contribution in [-0.2, 0) is 11.3 Å². The maximum absolute atomic E-state index is 14.8. The van der Waals surface area contributed by atoms with Gasteiger partial charge in [0.1, 0.15) is 29.5 Å². The molecule has 2 aliphatic rings. The quantitative estimate of drug-likeness (QED) is 0.345. The van der Waals surface area contributed by atoms with E-state index in [-0.39, 0.29) is 23.8 Å². The Morgan fingerprint density at radius 2 is 2.05 bits per heavy atom. The predicted molar refractivity (Wildman–Crippen MR) is 140 cm³/mol. The lowest BCUT2D eigenvalue weighted by atomic mass is 10.0. The van der Waals surface area contributed by atoms with E-state index in [1.54, 1.807) is 23.4 Å². The standard InChI is InChI=1S/C26H26FN9O3/c1-2-28-25(37)34-24-32-20-9-15(8-18(23(20)33-24)22-19(27)4-3-5-29-22)16-10-30-21(31-11-16)13-35-6-7-36-17(12-35)14-39-26(36)38/h3-5,8-11,17H,2,6-7,12-14H2,1H3,(H3,28,32,33,34,37). The van der Waals surface area contributed by atoms with Crippen molar-refractivity contribution in [2.75, 3.05) is 38.1 Å². The Balaban J connectivity index is 1.28. The molecule has 0 saturated carbocycles. The maximum Gasteiger partial charge on any atom is 0.410 e. The first-order valence-corrected chi connectivity index (χ1v) is 12.6. The largest absolute Gasteiger partial charge is 0.447 e. The number of imidazole rings is 1. The molecule has 12 nitrogen and oxygen atoms in total. The number of carbonyl (C=O) groups is 2. The lowest BCUT2D eigenvalue weighted by molar-refractivity contribution is 0.113. The Bertz CT molecular complexity index is 1540. The minimum Gasteiger partial charge on any atom is -0.447 e. The van der Waals surface area contributed by atoms with Crippen molar-refractivity contribution in [2.45, 2.75) is 19.5 Å². The van der Waals surface area contributed by atoms with E-state index < -0.39 is 11.8 Å². The molecule has 0 spiro atoms. The van der Waals surface area contributed by atoms with Crippen LogP contribution in [0.2, 0.25) is 0 Å². The van der Waals surface area contributed by atoms with Gasteiger partial charge in [0.05, 0.1) is 18.1 Å². The van der Waals surface area contributed by atoms with Crippen LogP contribution >= 0.6 is 0 Å². The highest BCUT2D eigenvalue weighted by atomic mass is 19.1. The van der Waals surface area contributed by atoms with Crippen LogP contribution in [0.5, 0.6) is 0 Å². The number of cyclic esters (lactones) is 1. The fourth-order valence-electron chi connectivity index (χ4n) is 4.90. The summed E-state index contributed by atoms with van der Waals surface area (Å²) < 4.78 is 19.9. The summed E-state index contributed by atoms with van der Waals surface area (Å²) >= 11 is 0. The number of rotatable bonds is 6. The number of amides is 3. The normalized spacial score (nSPS) is 17.2. The number of hydrogen-bond acceptors (Lipinski definition) is 8. The van der Waals surface area contributed by atoms with Crippen LogP contribution < -0.4 is 10.6 Å². The van der Waals surface area contributed by atoms with Crippen LogP contribution in [0.1, 0.15) is 12.7 Å². The van der Waals surface area contributed by atoms with Crippen molar-refractivity contribution in [1.82, 2.24) is 40.0 Å². The molecule has 2 fully saturated rings. The fraction of sp³-hybridized carbons (Fsp3) is 0.308. The molecular formula is C26H26FN9O3. The van der Waals surface area contributed by atoms with E-state index in [9.17, 15) is 14.0 Å². The Hall–Kier alpha value is -4.65. The smallest absolute Gasteiger partial charge is 0.410 e. The molecule has 6 rings (SSSR count). The first-order valence-electron chi connectivity index (χ1n) is 12.6. The Kier molecular flexibility index (Phi) is 6.49. The van der Waals surface area contributed by atoms with Gasteiger partial charge in [-0.1, -0.05) is 0 Å². The zero-order chi connectivity index (χ0) is 26.9. The summed E-state index contributed by atoms with van der Waals surface area (Å²) in [7, 11) is 0. The number of ether oxygens (including phenoxy) is 1. The third-order valence-electron chi connectivity index (χ3n) is 6.77. The number of nitrogens with one attached hydrogen (secondary N) is 3. The summed E-state index contributed by atoms with van der Waals surface area (Å²) in [5.41, 5.74) is 3.13. The minimum absolute atomic E-state index is 0.0597. The molecule has 1 atom stereocenters. The van der Waals surface area contributed by atoms with Crippen molar-refractivity contribution < 1.29 is 18.7 Å². The molecule has 3 N–H and O–H groups in total. The van der Waals surface area contributed by atoms with Gasteiger partial charge in [0.15, 0.2) is 0 Å². The van der Waals surface area contributed by atoms with E-state index in [0.717, 1.165) is 17.7 Å². The Morgan fingerprint density at radius 1 is 1.21 bits per heavy atom. The highest BCUT2D eigenvalue weighted by Gasteiger charge is 2.37. The van der Waals surface area contributed by atoms with Crippen LogP contribution in [0.25, 0.3) is 33.4 Å². The molecule has 1 aromatic carbocycles. The first kappa shape index (κ1) is 24.7. The van der Waals surface area contributed by atoms with E-state index in [2.05, 4.69) is 40.5 Å². The first-order chi connectivity index (χ1) is 19.0. The van der Waals surface area contributed by atoms with Crippen LogP contribution in [0.15, 0.2) is 42.9 Å². The van der Waals surface area contributed by atoms with Crippen molar-refractivity contribution in [3.05, 3.63) is 54.5 Å². The molecule has 200 valence electrons. The summed E-state index contributed by atoms with van der Waals surface area (Å²) in [5, 5.41) is 5.31. The van der Waals surface area contributed by atoms with Crippen molar-refractivity contribution in [3.8, 4) is 22.4 Å². The Labute approximate surface area is 222 Å². The SMILES string of the molecule is CCNC(=O)Nc1nc2c(-c3ncccc3F)cc(-c3cnc(CN4CCN5C(=O)OCC5C4)nc3)cc2[nH]1. The molecule has 2 aliphatic heterocycles. The molecule has 1 unspecified atom stereocenters. The number of carbonyl (C=O) groups excluding carboxylic acids is 2. The van der Waals surface area contributed by atoms with Gasteiger partial charge in [-0.05, 0) is 36.8 Å². The van der Waals surface area contributed by atoms with Gasteiger partial charge in [0, 0.05) is 55.9 Å². The van der Waals surface area contributed by atoms with Gasteiger partial charge in [-0.3, -0.25) is 20.1 Å². The summed E-state index contributed by atoms with van der Waals surface area (Å²) in [6.07, 6.45) is 4.73. The number of halogens is 1. The van der Waals surface area contributed by atoms with Gasteiger partial charge in [0.25, 0.3) is 0 Å². The molecule has 2 saturated heterocycles. The van der Waals surface area contributed by atoms with Crippen LogP contribution in [0.4, 0.5) is 19.9 Å². The second-order valence-corrected chi connectivity index (χ2v) is 9.37. The summed E-state index contributed by atoms with van der Waals surface area (Å²) in [6, 6.07) is 6.16. The van der Waals surface area contributed by atoms with E-state index in [0.29, 0.717) is 55.2 Å². The number of nitrogens with zero attached hydrogens (tertiary/aromatic N) is 6. The van der Waals surface area contributed by atoms with E-state index >= 15 is 0 Å². The molecule has 3 aromatic heterocycles. The topological polar surface area (TPSA) is 141 Å². The number of pyridine rings is 1. The number of aromatic amines is 1. The number of urea groups is 1. The summed E-state index contributed by atoms with van der Waals surface area (Å²) in [6.45, 7) is 5.28. The van der Waals surface area contributed by atoms with Crippen molar-refractivity contribution in [2.24, 2.45) is 0 Å². The lowest BCUT2D eigenvalue weighted by Crippen LogP contribution is -2.51. The molecular weight excluding hydrogens is 505 g/mol. The molecule has 3 amide bonds. The summed E-state index contributed by atoms with van der Waals surface area (Å²) in [5.74, 6) is 0.398. The van der Waals surface area contributed by atoms with E-state index in [1.807, 2.05) is 13.0 Å². The maximum atomic E-state index is 14.8. The van der Waals surface area contributed by atoms with Crippen LogP contribution in [-0.4, -0.2) is 85.7 Å². The lowest BCUT2D eigenvalue weighted by Gasteiger charge is -2.34. The number of fused-ring (bicyclic) bond motifs is 2. The van der Waals surface area contributed by atoms with Gasteiger partial charge in [-0.2, -0.15) is 0 Å². The molecule has 0 radical (unpaired) electrons. The second kappa shape index (κ2) is 10.3. The number of H-pyrrole nitrogens is 1. The fourth-order valence-corrected chi connectivity index (χ4v) is 4.90. The molecule has 5 heterocycles. The van der Waals surface area contributed by atoms with Gasteiger partial charge in [-0.15, -0.1) is 0 Å². The number of aromatic nitrogens is 5. The molecule has 13 heteroatoms. The molecule has 0 aliphatic carbocycles. The molecule has 39 heavy (non-hydrogen) atoms. The number of piperazine rings is 1. The van der Waals surface area contributed by atoms with Gasteiger partial charge in [-0.25, -0.2) is 28.9 Å². The van der Waals surface area contributed by atoms with Crippen LogP contribution in [0, 0.1) is 5.82 Å². The monoisotopic (exact) mass is 531 g/mol. The van der Waals surface area contributed by atoms with Crippen molar-refractivity contribution >= 4 is 29.1 Å². The van der Waals surface area contributed by atoms with Crippen LogP contribution in [0.3, 0.4) is 0 Å². The zero-order valence-corrected chi connectivity index (χ0v) is 21.1. The number of anilines is 1. The zero-order valence-electron chi connectivity index (χ0n) is 21.1. The predicted octanol–water partition coefficient (Wildman–Crippen LogP) is 3.00. The van der Waals surface area contributed by atoms with Gasteiger partial charge < -0.3 is 15.0 Å². The average Bonchev–Trinajstić information content (AvgIpc) is 3.51. The molecule has 0 bridgehead atoms. The highest BCUT2D eigenvalue weighted by Crippen LogP contribution is 2.34.